The zero-order chi connectivity index (χ0) is 27.7. The van der Waals surface area contributed by atoms with Crippen molar-refractivity contribution in [1.82, 2.24) is 20.9 Å². The van der Waals surface area contributed by atoms with Gasteiger partial charge in [0.25, 0.3) is 0 Å². The zero-order valence-corrected chi connectivity index (χ0v) is 21.6. The third kappa shape index (κ3) is 7.66. The van der Waals surface area contributed by atoms with Crippen LogP contribution in [0.2, 0.25) is 0 Å². The summed E-state index contributed by atoms with van der Waals surface area (Å²) in [6.07, 6.45) is 2.84. The predicted octanol–water partition coefficient (Wildman–Crippen LogP) is 1.50. The molecule has 4 atom stereocenters. The molecule has 0 fully saturated rings. The number of aliphatic carboxylic acids is 1. The Balaban J connectivity index is 1.72. The quantitative estimate of drug-likeness (QED) is 0.199. The van der Waals surface area contributed by atoms with E-state index in [1.165, 1.54) is 0 Å². The van der Waals surface area contributed by atoms with Gasteiger partial charge in [0.2, 0.25) is 17.7 Å². The SMILES string of the molecule is CCC(C)C(NC(=O)C(N)Cc1c[nH]c2ccccc12)C(=O)NC(Cc1ccccc1)C(=O)NCC(=O)O. The van der Waals surface area contributed by atoms with Crippen LogP contribution in [0.25, 0.3) is 10.9 Å². The smallest absolute Gasteiger partial charge is 0.322 e. The lowest BCUT2D eigenvalue weighted by Crippen LogP contribution is -2.58. The number of hydrogen-bond acceptors (Lipinski definition) is 5. The van der Waals surface area contributed by atoms with Crippen LogP contribution in [0.4, 0.5) is 0 Å². The van der Waals surface area contributed by atoms with Gasteiger partial charge in [0.15, 0.2) is 0 Å². The van der Waals surface area contributed by atoms with E-state index in [4.69, 9.17) is 10.8 Å². The van der Waals surface area contributed by atoms with E-state index in [0.29, 0.717) is 6.42 Å². The van der Waals surface area contributed by atoms with Gasteiger partial charge in [-0.3, -0.25) is 19.2 Å². The Kier molecular flexibility index (Phi) is 10.0. The van der Waals surface area contributed by atoms with Crippen LogP contribution in [0, 0.1) is 5.92 Å². The number of aromatic amines is 1. The molecule has 2 aromatic carbocycles. The Labute approximate surface area is 221 Å². The molecule has 7 N–H and O–H groups in total. The molecule has 3 rings (SSSR count). The minimum atomic E-state index is -1.20. The third-order valence-corrected chi connectivity index (χ3v) is 6.57. The van der Waals surface area contributed by atoms with Crippen LogP contribution < -0.4 is 21.7 Å². The van der Waals surface area contributed by atoms with E-state index in [-0.39, 0.29) is 18.8 Å². The lowest BCUT2D eigenvalue weighted by Gasteiger charge is -2.27. The third-order valence-electron chi connectivity index (χ3n) is 6.57. The molecule has 0 aliphatic carbocycles. The van der Waals surface area contributed by atoms with Crippen LogP contribution >= 0.6 is 0 Å². The molecule has 3 aromatic rings. The summed E-state index contributed by atoms with van der Waals surface area (Å²) in [5, 5.41) is 17.7. The average Bonchev–Trinajstić information content (AvgIpc) is 3.32. The fourth-order valence-electron chi connectivity index (χ4n) is 4.20. The lowest BCUT2D eigenvalue weighted by molar-refractivity contribution is -0.138. The Hall–Kier alpha value is -4.18. The molecular formula is C28H35N5O5. The van der Waals surface area contributed by atoms with E-state index in [1.807, 2.05) is 50.4 Å². The van der Waals surface area contributed by atoms with Crippen molar-refractivity contribution in [3.63, 3.8) is 0 Å². The van der Waals surface area contributed by atoms with E-state index in [2.05, 4.69) is 20.9 Å². The number of rotatable bonds is 13. The van der Waals surface area contributed by atoms with Crippen LogP contribution in [0.1, 0.15) is 31.4 Å². The summed E-state index contributed by atoms with van der Waals surface area (Å²) in [7, 11) is 0. The van der Waals surface area contributed by atoms with Gasteiger partial charge < -0.3 is 31.8 Å². The molecule has 10 nitrogen and oxygen atoms in total. The van der Waals surface area contributed by atoms with Crippen molar-refractivity contribution >= 4 is 34.6 Å². The number of carboxylic acid groups (broad SMARTS) is 1. The fraction of sp³-hybridized carbons (Fsp3) is 0.357. The van der Waals surface area contributed by atoms with Crippen molar-refractivity contribution < 1.29 is 24.3 Å². The second-order valence-corrected chi connectivity index (χ2v) is 9.40. The molecule has 0 spiro atoms. The number of para-hydroxylation sites is 1. The Morgan fingerprint density at radius 2 is 1.61 bits per heavy atom. The van der Waals surface area contributed by atoms with Gasteiger partial charge in [0, 0.05) is 23.5 Å². The fourth-order valence-corrected chi connectivity index (χ4v) is 4.20. The molecule has 202 valence electrons. The number of fused-ring (bicyclic) bond motifs is 1. The number of aromatic nitrogens is 1. The summed E-state index contributed by atoms with van der Waals surface area (Å²) in [5.41, 5.74) is 8.85. The van der Waals surface area contributed by atoms with Crippen molar-refractivity contribution in [3.05, 3.63) is 71.9 Å². The molecule has 0 saturated carbocycles. The number of H-pyrrole nitrogens is 1. The molecule has 0 saturated heterocycles. The highest BCUT2D eigenvalue weighted by Crippen LogP contribution is 2.19. The van der Waals surface area contributed by atoms with Crippen LogP contribution in [-0.2, 0) is 32.0 Å². The van der Waals surface area contributed by atoms with E-state index in [0.717, 1.165) is 22.0 Å². The van der Waals surface area contributed by atoms with Gasteiger partial charge in [-0.05, 0) is 29.5 Å². The van der Waals surface area contributed by atoms with Crippen molar-refractivity contribution in [2.24, 2.45) is 11.7 Å². The van der Waals surface area contributed by atoms with Crippen molar-refractivity contribution in [1.29, 1.82) is 0 Å². The Morgan fingerprint density at radius 3 is 2.29 bits per heavy atom. The van der Waals surface area contributed by atoms with Gasteiger partial charge in [-0.2, -0.15) is 0 Å². The molecule has 0 bridgehead atoms. The van der Waals surface area contributed by atoms with Crippen LogP contribution in [0.15, 0.2) is 60.8 Å². The normalized spacial score (nSPS) is 14.2. The molecule has 0 aliphatic rings. The molecule has 0 aliphatic heterocycles. The van der Waals surface area contributed by atoms with Gasteiger partial charge in [-0.1, -0.05) is 68.8 Å². The van der Waals surface area contributed by atoms with E-state index in [1.54, 1.807) is 24.3 Å². The molecule has 4 unspecified atom stereocenters. The molecule has 10 heteroatoms. The van der Waals surface area contributed by atoms with Crippen molar-refractivity contribution in [2.45, 2.75) is 51.2 Å². The first kappa shape index (κ1) is 28.4. The number of carbonyl (C=O) groups excluding carboxylic acids is 3. The summed E-state index contributed by atoms with van der Waals surface area (Å²) >= 11 is 0. The molecule has 1 heterocycles. The van der Waals surface area contributed by atoms with Crippen molar-refractivity contribution in [2.75, 3.05) is 6.54 Å². The lowest BCUT2D eigenvalue weighted by atomic mass is 9.96. The number of nitrogens with two attached hydrogens (primary N) is 1. The minimum absolute atomic E-state index is 0.152. The number of benzene rings is 2. The largest absolute Gasteiger partial charge is 0.480 e. The number of amides is 3. The maximum atomic E-state index is 13.4. The van der Waals surface area contributed by atoms with Gasteiger partial charge in [0.1, 0.15) is 18.6 Å². The van der Waals surface area contributed by atoms with Crippen molar-refractivity contribution in [3.8, 4) is 0 Å². The maximum absolute atomic E-state index is 13.4. The first-order valence-electron chi connectivity index (χ1n) is 12.6. The number of nitrogens with one attached hydrogen (secondary N) is 4. The van der Waals surface area contributed by atoms with E-state index >= 15 is 0 Å². The minimum Gasteiger partial charge on any atom is -0.480 e. The molecule has 3 amide bonds. The van der Waals surface area contributed by atoms with Gasteiger partial charge in [-0.15, -0.1) is 0 Å². The highest BCUT2D eigenvalue weighted by molar-refractivity contribution is 5.94. The average molecular weight is 522 g/mol. The highest BCUT2D eigenvalue weighted by atomic mass is 16.4. The molecular weight excluding hydrogens is 486 g/mol. The van der Waals surface area contributed by atoms with Crippen LogP contribution in [0.3, 0.4) is 0 Å². The van der Waals surface area contributed by atoms with Gasteiger partial charge >= 0.3 is 5.97 Å². The van der Waals surface area contributed by atoms with Gasteiger partial charge in [0.05, 0.1) is 6.04 Å². The van der Waals surface area contributed by atoms with E-state index in [9.17, 15) is 19.2 Å². The summed E-state index contributed by atoms with van der Waals surface area (Å²) in [6.45, 7) is 3.14. The second-order valence-electron chi connectivity index (χ2n) is 9.40. The summed E-state index contributed by atoms with van der Waals surface area (Å²) in [4.78, 5) is 53.3. The van der Waals surface area contributed by atoms with Gasteiger partial charge in [-0.25, -0.2) is 0 Å². The van der Waals surface area contributed by atoms with Crippen LogP contribution in [-0.4, -0.2) is 58.5 Å². The molecule has 1 aromatic heterocycles. The Morgan fingerprint density at radius 1 is 0.921 bits per heavy atom. The number of carboxylic acids is 1. The molecule has 38 heavy (non-hydrogen) atoms. The van der Waals surface area contributed by atoms with Crippen LogP contribution in [0.5, 0.6) is 0 Å². The first-order chi connectivity index (χ1) is 18.2. The summed E-state index contributed by atoms with van der Waals surface area (Å²) in [5.74, 6) is -3.10. The first-order valence-corrected chi connectivity index (χ1v) is 12.6. The summed E-state index contributed by atoms with van der Waals surface area (Å²) < 4.78 is 0. The monoisotopic (exact) mass is 521 g/mol. The summed E-state index contributed by atoms with van der Waals surface area (Å²) in [6, 6.07) is 13.9. The van der Waals surface area contributed by atoms with E-state index < -0.39 is 48.4 Å². The topological polar surface area (TPSA) is 166 Å². The Bertz CT molecular complexity index is 1260. The number of carbonyl (C=O) groups is 4. The highest BCUT2D eigenvalue weighted by Gasteiger charge is 2.31. The maximum Gasteiger partial charge on any atom is 0.322 e. The standard InChI is InChI=1S/C28H35N5O5/c1-3-17(2)25(33-26(36)21(29)14-19-15-30-22-12-8-7-11-20(19)22)28(38)32-23(27(37)31-16-24(34)35)13-18-9-5-4-6-10-18/h4-12,15,17,21,23,25,30H,3,13-14,16,29H2,1-2H3,(H,31,37)(H,32,38)(H,33,36)(H,34,35). The number of hydrogen-bond donors (Lipinski definition) is 6. The molecule has 0 radical (unpaired) electrons. The zero-order valence-electron chi connectivity index (χ0n) is 21.6. The second kappa shape index (κ2) is 13.4. The predicted molar refractivity (Wildman–Crippen MR) is 144 cm³/mol.